The second kappa shape index (κ2) is 4.13. The van der Waals surface area contributed by atoms with Crippen molar-refractivity contribution >= 4 is 40.3 Å². The highest BCUT2D eigenvalue weighted by molar-refractivity contribution is 6.38. The molecule has 0 radical (unpaired) electrons. The Hall–Kier alpha value is -1.39. The van der Waals surface area contributed by atoms with Gasteiger partial charge in [0.2, 0.25) is 5.88 Å². The number of ether oxygens (including phenoxy) is 1. The van der Waals surface area contributed by atoms with Crippen molar-refractivity contribution in [3.05, 3.63) is 27.7 Å². The van der Waals surface area contributed by atoms with Crippen LogP contribution in [-0.2, 0) is 7.05 Å². The molecule has 17 heavy (non-hydrogen) atoms. The predicted octanol–water partition coefficient (Wildman–Crippen LogP) is 3.85. The highest BCUT2D eigenvalue weighted by Gasteiger charge is 2.18. The maximum Gasteiger partial charge on any atom is 0.512 e. The van der Waals surface area contributed by atoms with E-state index in [1.807, 2.05) is 0 Å². The standard InChI is InChI=1S/C11H9Cl2NO3/c1-5-7-3-6(12)4-8(13)9(7)14(2)10(5)17-11(15)16/h3-4H,1-2H3,(H,15,16). The Kier molecular flexibility index (Phi) is 2.93. The SMILES string of the molecule is Cc1c(OC(=O)O)n(C)c2c(Cl)cc(Cl)cc12. The minimum atomic E-state index is -1.36. The van der Waals surface area contributed by atoms with Gasteiger partial charge in [-0.3, -0.25) is 0 Å². The highest BCUT2D eigenvalue weighted by atomic mass is 35.5. The zero-order valence-corrected chi connectivity index (χ0v) is 10.6. The van der Waals surface area contributed by atoms with Crippen LogP contribution in [0.3, 0.4) is 0 Å². The van der Waals surface area contributed by atoms with E-state index in [-0.39, 0.29) is 5.88 Å². The van der Waals surface area contributed by atoms with Crippen LogP contribution in [-0.4, -0.2) is 15.8 Å². The lowest BCUT2D eigenvalue weighted by molar-refractivity contribution is 0.141. The lowest BCUT2D eigenvalue weighted by Crippen LogP contribution is -2.07. The number of hydrogen-bond acceptors (Lipinski definition) is 2. The van der Waals surface area contributed by atoms with E-state index in [9.17, 15) is 4.79 Å². The Balaban J connectivity index is 2.80. The molecular weight excluding hydrogens is 265 g/mol. The fourth-order valence-corrected chi connectivity index (χ4v) is 2.51. The molecule has 1 N–H and O–H groups in total. The molecule has 0 bridgehead atoms. The van der Waals surface area contributed by atoms with Gasteiger partial charge in [-0.05, 0) is 19.1 Å². The summed E-state index contributed by atoms with van der Waals surface area (Å²) in [6.07, 6.45) is -1.36. The van der Waals surface area contributed by atoms with Crippen molar-refractivity contribution in [1.29, 1.82) is 0 Å². The van der Waals surface area contributed by atoms with Gasteiger partial charge in [0, 0.05) is 23.0 Å². The minimum Gasteiger partial charge on any atom is -0.449 e. The largest absolute Gasteiger partial charge is 0.512 e. The van der Waals surface area contributed by atoms with Gasteiger partial charge in [-0.1, -0.05) is 23.2 Å². The molecule has 1 aromatic carbocycles. The molecule has 0 unspecified atom stereocenters. The van der Waals surface area contributed by atoms with E-state index < -0.39 is 6.16 Å². The topological polar surface area (TPSA) is 51.5 Å². The first-order valence-electron chi connectivity index (χ1n) is 4.76. The summed E-state index contributed by atoms with van der Waals surface area (Å²) in [6, 6.07) is 3.34. The third-order valence-corrected chi connectivity index (χ3v) is 3.08. The predicted molar refractivity (Wildman–Crippen MR) is 66.3 cm³/mol. The van der Waals surface area contributed by atoms with E-state index in [1.165, 1.54) is 0 Å². The quantitative estimate of drug-likeness (QED) is 0.803. The molecule has 4 nitrogen and oxygen atoms in total. The zero-order chi connectivity index (χ0) is 12.7. The van der Waals surface area contributed by atoms with Crippen LogP contribution in [0.5, 0.6) is 5.88 Å². The zero-order valence-electron chi connectivity index (χ0n) is 9.12. The number of nitrogens with zero attached hydrogens (tertiary/aromatic N) is 1. The van der Waals surface area contributed by atoms with Gasteiger partial charge in [-0.2, -0.15) is 0 Å². The fourth-order valence-electron chi connectivity index (χ4n) is 1.89. The highest BCUT2D eigenvalue weighted by Crippen LogP contribution is 2.36. The first-order chi connectivity index (χ1) is 7.91. The summed E-state index contributed by atoms with van der Waals surface area (Å²) in [5, 5.41) is 10.4. The van der Waals surface area contributed by atoms with Gasteiger partial charge in [0.1, 0.15) is 0 Å². The van der Waals surface area contributed by atoms with E-state index in [0.717, 1.165) is 5.39 Å². The lowest BCUT2D eigenvalue weighted by atomic mass is 10.2. The van der Waals surface area contributed by atoms with Gasteiger partial charge in [0.25, 0.3) is 0 Å². The summed E-state index contributed by atoms with van der Waals surface area (Å²) in [4.78, 5) is 10.6. The number of hydrogen-bond donors (Lipinski definition) is 1. The molecule has 0 aliphatic heterocycles. The number of rotatable bonds is 1. The van der Waals surface area contributed by atoms with Crippen LogP contribution in [0.25, 0.3) is 10.9 Å². The van der Waals surface area contributed by atoms with Crippen molar-refractivity contribution in [2.75, 3.05) is 0 Å². The number of carboxylic acid groups (broad SMARTS) is 1. The van der Waals surface area contributed by atoms with Crippen LogP contribution >= 0.6 is 23.2 Å². The van der Waals surface area contributed by atoms with E-state index in [0.29, 0.717) is 21.1 Å². The smallest absolute Gasteiger partial charge is 0.449 e. The Morgan fingerprint density at radius 3 is 2.65 bits per heavy atom. The normalized spacial score (nSPS) is 10.8. The second-order valence-electron chi connectivity index (χ2n) is 3.64. The van der Waals surface area contributed by atoms with Gasteiger partial charge in [-0.25, -0.2) is 4.79 Å². The summed E-state index contributed by atoms with van der Waals surface area (Å²) in [5.41, 5.74) is 1.39. The average Bonchev–Trinajstić information content (AvgIpc) is 2.42. The van der Waals surface area contributed by atoms with E-state index in [1.54, 1.807) is 30.7 Å². The maximum atomic E-state index is 10.6. The molecule has 0 spiro atoms. The molecule has 0 saturated heterocycles. The van der Waals surface area contributed by atoms with Gasteiger partial charge in [-0.15, -0.1) is 0 Å². The molecule has 1 heterocycles. The third-order valence-electron chi connectivity index (χ3n) is 2.58. The summed E-state index contributed by atoms with van der Waals surface area (Å²) in [6.45, 7) is 1.76. The van der Waals surface area contributed by atoms with Crippen LogP contribution in [0.15, 0.2) is 12.1 Å². The number of halogens is 2. The van der Waals surface area contributed by atoms with Gasteiger partial charge >= 0.3 is 6.16 Å². The molecule has 0 aliphatic carbocycles. The van der Waals surface area contributed by atoms with Gasteiger partial charge in [0.05, 0.1) is 10.5 Å². The van der Waals surface area contributed by atoms with Crippen molar-refractivity contribution in [2.24, 2.45) is 7.05 Å². The van der Waals surface area contributed by atoms with E-state index in [4.69, 9.17) is 33.0 Å². The van der Waals surface area contributed by atoms with Crippen molar-refractivity contribution in [3.63, 3.8) is 0 Å². The Morgan fingerprint density at radius 1 is 1.41 bits per heavy atom. The Bertz CT molecular complexity index is 619. The number of aryl methyl sites for hydroxylation is 2. The second-order valence-corrected chi connectivity index (χ2v) is 4.48. The molecule has 0 fully saturated rings. The number of benzene rings is 1. The molecule has 2 aromatic rings. The number of aromatic nitrogens is 1. The molecule has 0 amide bonds. The van der Waals surface area contributed by atoms with Gasteiger partial charge < -0.3 is 14.4 Å². The van der Waals surface area contributed by atoms with Crippen molar-refractivity contribution in [1.82, 2.24) is 4.57 Å². The number of fused-ring (bicyclic) bond motifs is 1. The molecular formula is C11H9Cl2NO3. The lowest BCUT2D eigenvalue weighted by Gasteiger charge is -2.03. The third kappa shape index (κ3) is 1.94. The van der Waals surface area contributed by atoms with Crippen LogP contribution in [0.4, 0.5) is 4.79 Å². The van der Waals surface area contributed by atoms with Crippen molar-refractivity contribution < 1.29 is 14.6 Å². The first kappa shape index (κ1) is 12.1. The summed E-state index contributed by atoms with van der Waals surface area (Å²) >= 11 is 12.0. The van der Waals surface area contributed by atoms with Crippen molar-refractivity contribution in [3.8, 4) is 5.88 Å². The fraction of sp³-hybridized carbons (Fsp3) is 0.182. The minimum absolute atomic E-state index is 0.247. The monoisotopic (exact) mass is 273 g/mol. The van der Waals surface area contributed by atoms with Crippen LogP contribution in [0, 0.1) is 6.92 Å². The van der Waals surface area contributed by atoms with Crippen LogP contribution < -0.4 is 4.74 Å². The summed E-state index contributed by atoms with van der Waals surface area (Å²) < 4.78 is 6.33. The molecule has 0 aliphatic rings. The maximum absolute atomic E-state index is 10.6. The Labute approximate surface area is 107 Å². The van der Waals surface area contributed by atoms with Crippen LogP contribution in [0.2, 0.25) is 10.0 Å². The number of carbonyl (C=O) groups is 1. The average molecular weight is 274 g/mol. The van der Waals surface area contributed by atoms with E-state index >= 15 is 0 Å². The molecule has 90 valence electrons. The van der Waals surface area contributed by atoms with Crippen LogP contribution in [0.1, 0.15) is 5.56 Å². The summed E-state index contributed by atoms with van der Waals surface area (Å²) in [7, 11) is 1.69. The Morgan fingerprint density at radius 2 is 2.06 bits per heavy atom. The first-order valence-corrected chi connectivity index (χ1v) is 5.52. The van der Waals surface area contributed by atoms with E-state index in [2.05, 4.69) is 0 Å². The molecule has 1 aromatic heterocycles. The molecule has 0 saturated carbocycles. The molecule has 0 atom stereocenters. The summed E-state index contributed by atoms with van der Waals surface area (Å²) in [5.74, 6) is 0.247. The molecule has 2 rings (SSSR count). The molecule has 6 heteroatoms. The van der Waals surface area contributed by atoms with Gasteiger partial charge in [0.15, 0.2) is 0 Å². The van der Waals surface area contributed by atoms with Crippen molar-refractivity contribution in [2.45, 2.75) is 6.92 Å².